The van der Waals surface area contributed by atoms with Crippen molar-refractivity contribution in [3.8, 4) is 11.4 Å². The number of methoxy groups -OCH3 is 1. The van der Waals surface area contributed by atoms with Crippen LogP contribution in [0.1, 0.15) is 5.82 Å². The molecule has 6 heteroatoms. The van der Waals surface area contributed by atoms with Crippen molar-refractivity contribution in [3.05, 3.63) is 30.1 Å². The molecule has 1 aromatic heterocycles. The Balaban J connectivity index is 2.34. The second-order valence-electron chi connectivity index (χ2n) is 3.14. The van der Waals surface area contributed by atoms with Crippen LogP contribution in [0.5, 0.6) is 5.75 Å². The Bertz CT molecular complexity index is 469. The molecule has 84 valence electrons. The Kier molecular flexibility index (Phi) is 3.11. The van der Waals surface area contributed by atoms with E-state index in [1.54, 1.807) is 7.11 Å². The Morgan fingerprint density at radius 1 is 1.38 bits per heavy atom. The molecule has 0 aliphatic carbocycles. The van der Waals surface area contributed by atoms with Gasteiger partial charge in [0.05, 0.1) is 13.7 Å². The summed E-state index contributed by atoms with van der Waals surface area (Å²) in [5, 5.41) is 20.6. The molecule has 0 amide bonds. The van der Waals surface area contributed by atoms with Crippen LogP contribution in [0.2, 0.25) is 0 Å². The summed E-state index contributed by atoms with van der Waals surface area (Å²) < 4.78 is 5.19. The maximum Gasteiger partial charge on any atom is 0.177 e. The first kappa shape index (κ1) is 10.6. The van der Waals surface area contributed by atoms with Gasteiger partial charge in [0.1, 0.15) is 11.4 Å². The minimum Gasteiger partial charge on any atom is -0.494 e. The van der Waals surface area contributed by atoms with Crippen molar-refractivity contribution in [2.24, 2.45) is 0 Å². The zero-order valence-corrected chi connectivity index (χ0v) is 8.87. The summed E-state index contributed by atoms with van der Waals surface area (Å²) in [4.78, 5) is 1.39. The maximum absolute atomic E-state index is 8.76. The summed E-state index contributed by atoms with van der Waals surface area (Å²) in [5.41, 5.74) is 0.724. The van der Waals surface area contributed by atoms with E-state index in [1.807, 2.05) is 24.3 Å². The summed E-state index contributed by atoms with van der Waals surface area (Å²) >= 11 is 0. The molecular weight excluding hydrogens is 208 g/mol. The molecule has 2 rings (SSSR count). The Morgan fingerprint density at radius 2 is 2.19 bits per heavy atom. The van der Waals surface area contributed by atoms with Crippen molar-refractivity contribution < 1.29 is 9.84 Å². The molecule has 0 aliphatic rings. The summed E-state index contributed by atoms with van der Waals surface area (Å²) in [5.74, 6) is 1.18. The highest BCUT2D eigenvalue weighted by molar-refractivity contribution is 5.44. The summed E-state index contributed by atoms with van der Waals surface area (Å²) in [6.07, 6.45) is 0.398. The van der Waals surface area contributed by atoms with E-state index in [-0.39, 0.29) is 6.61 Å². The van der Waals surface area contributed by atoms with Crippen LogP contribution in [0.25, 0.3) is 5.69 Å². The van der Waals surface area contributed by atoms with Gasteiger partial charge in [-0.25, -0.2) is 0 Å². The van der Waals surface area contributed by atoms with Crippen LogP contribution in [0, 0.1) is 0 Å². The molecule has 0 unspecified atom stereocenters. The minimum absolute atomic E-state index is 0.0115. The van der Waals surface area contributed by atoms with E-state index in [9.17, 15) is 0 Å². The first-order chi connectivity index (χ1) is 7.85. The topological polar surface area (TPSA) is 73.1 Å². The largest absolute Gasteiger partial charge is 0.494 e. The number of nitrogens with zero attached hydrogens (tertiary/aromatic N) is 4. The fraction of sp³-hybridized carbons (Fsp3) is 0.300. The van der Waals surface area contributed by atoms with Crippen LogP contribution in [0.15, 0.2) is 24.3 Å². The van der Waals surface area contributed by atoms with E-state index < -0.39 is 0 Å². The number of hydrogen-bond acceptors (Lipinski definition) is 5. The molecule has 2 aromatic rings. The van der Waals surface area contributed by atoms with E-state index in [1.165, 1.54) is 4.80 Å². The van der Waals surface area contributed by atoms with Crippen LogP contribution >= 0.6 is 0 Å². The van der Waals surface area contributed by atoms with E-state index in [0.29, 0.717) is 18.0 Å². The van der Waals surface area contributed by atoms with Crippen LogP contribution in [-0.4, -0.2) is 39.0 Å². The third-order valence-electron chi connectivity index (χ3n) is 2.09. The molecule has 0 spiro atoms. The highest BCUT2D eigenvalue weighted by Crippen LogP contribution is 2.19. The molecule has 1 aromatic carbocycles. The lowest BCUT2D eigenvalue weighted by Crippen LogP contribution is -2.02. The van der Waals surface area contributed by atoms with Crippen molar-refractivity contribution in [1.29, 1.82) is 0 Å². The fourth-order valence-electron chi connectivity index (χ4n) is 1.34. The third-order valence-corrected chi connectivity index (χ3v) is 2.09. The molecular formula is C10H12N4O2. The number of tetrazole rings is 1. The van der Waals surface area contributed by atoms with Gasteiger partial charge in [-0.15, -0.1) is 15.0 Å². The molecule has 0 fully saturated rings. The van der Waals surface area contributed by atoms with Crippen molar-refractivity contribution in [2.75, 3.05) is 13.7 Å². The Morgan fingerprint density at radius 3 is 2.94 bits per heavy atom. The van der Waals surface area contributed by atoms with Gasteiger partial charge in [-0.05, 0) is 17.3 Å². The quantitative estimate of drug-likeness (QED) is 0.797. The van der Waals surface area contributed by atoms with Crippen LogP contribution < -0.4 is 4.74 Å². The highest BCUT2D eigenvalue weighted by atomic mass is 16.5. The molecule has 0 radical (unpaired) electrons. The molecule has 16 heavy (non-hydrogen) atoms. The molecule has 0 saturated heterocycles. The maximum atomic E-state index is 8.76. The number of para-hydroxylation sites is 2. The SMILES string of the molecule is COc1ccccc1-n1nnc(CCO)n1. The van der Waals surface area contributed by atoms with Gasteiger partial charge in [-0.3, -0.25) is 0 Å². The summed E-state index contributed by atoms with van der Waals surface area (Å²) in [7, 11) is 1.59. The lowest BCUT2D eigenvalue weighted by atomic mass is 10.3. The normalized spacial score (nSPS) is 10.4. The molecule has 1 N–H and O–H groups in total. The number of hydrogen-bond donors (Lipinski definition) is 1. The van der Waals surface area contributed by atoms with Crippen molar-refractivity contribution >= 4 is 0 Å². The smallest absolute Gasteiger partial charge is 0.177 e. The van der Waals surface area contributed by atoms with Gasteiger partial charge < -0.3 is 9.84 Å². The van der Waals surface area contributed by atoms with E-state index in [4.69, 9.17) is 9.84 Å². The average molecular weight is 220 g/mol. The van der Waals surface area contributed by atoms with Gasteiger partial charge in [-0.1, -0.05) is 12.1 Å². The number of aliphatic hydroxyl groups is 1. The second kappa shape index (κ2) is 4.71. The first-order valence-corrected chi connectivity index (χ1v) is 4.88. The van der Waals surface area contributed by atoms with Crippen molar-refractivity contribution in [2.45, 2.75) is 6.42 Å². The van der Waals surface area contributed by atoms with Crippen LogP contribution in [0.4, 0.5) is 0 Å². The zero-order chi connectivity index (χ0) is 11.4. The van der Waals surface area contributed by atoms with Gasteiger partial charge in [-0.2, -0.15) is 0 Å². The summed E-state index contributed by atoms with van der Waals surface area (Å²) in [6, 6.07) is 7.40. The van der Waals surface area contributed by atoms with Gasteiger partial charge in [0, 0.05) is 6.42 Å². The molecule has 0 saturated carbocycles. The predicted molar refractivity (Wildman–Crippen MR) is 56.5 cm³/mol. The fourth-order valence-corrected chi connectivity index (χ4v) is 1.34. The number of aromatic nitrogens is 4. The van der Waals surface area contributed by atoms with E-state index in [0.717, 1.165) is 5.69 Å². The van der Waals surface area contributed by atoms with Gasteiger partial charge in [0.25, 0.3) is 0 Å². The average Bonchev–Trinajstić information content (AvgIpc) is 2.78. The molecule has 6 nitrogen and oxygen atoms in total. The van der Waals surface area contributed by atoms with E-state index >= 15 is 0 Å². The lowest BCUT2D eigenvalue weighted by molar-refractivity contribution is 0.296. The minimum atomic E-state index is 0.0115. The molecule has 1 heterocycles. The zero-order valence-electron chi connectivity index (χ0n) is 8.87. The van der Waals surface area contributed by atoms with E-state index in [2.05, 4.69) is 15.4 Å². The molecule has 0 bridgehead atoms. The van der Waals surface area contributed by atoms with Crippen LogP contribution in [0.3, 0.4) is 0 Å². The predicted octanol–water partition coefficient (Wildman–Crippen LogP) is 0.206. The number of ether oxygens (including phenoxy) is 1. The third kappa shape index (κ3) is 2.01. The monoisotopic (exact) mass is 220 g/mol. The number of benzene rings is 1. The molecule has 0 atom stereocenters. The van der Waals surface area contributed by atoms with Crippen molar-refractivity contribution in [1.82, 2.24) is 20.2 Å². The number of rotatable bonds is 4. The van der Waals surface area contributed by atoms with Gasteiger partial charge >= 0.3 is 0 Å². The Labute approximate surface area is 92.5 Å². The lowest BCUT2D eigenvalue weighted by Gasteiger charge is -2.04. The second-order valence-corrected chi connectivity index (χ2v) is 3.14. The number of aliphatic hydroxyl groups excluding tert-OH is 1. The van der Waals surface area contributed by atoms with Crippen LogP contribution in [-0.2, 0) is 6.42 Å². The first-order valence-electron chi connectivity index (χ1n) is 4.88. The standard InChI is InChI=1S/C10H12N4O2/c1-16-9-5-3-2-4-8(9)14-12-10(6-7-15)11-13-14/h2-5,15H,6-7H2,1H3. The van der Waals surface area contributed by atoms with Gasteiger partial charge in [0.2, 0.25) is 0 Å². The van der Waals surface area contributed by atoms with Gasteiger partial charge in [0.15, 0.2) is 5.82 Å². The highest BCUT2D eigenvalue weighted by Gasteiger charge is 2.08. The summed E-state index contributed by atoms with van der Waals surface area (Å²) in [6.45, 7) is 0.0115. The Hall–Kier alpha value is -1.95. The van der Waals surface area contributed by atoms with Crippen molar-refractivity contribution in [3.63, 3.8) is 0 Å². The molecule has 0 aliphatic heterocycles.